The summed E-state index contributed by atoms with van der Waals surface area (Å²) in [7, 11) is 0. The Bertz CT molecular complexity index is 306. The molecule has 4 heteroatoms. The van der Waals surface area contributed by atoms with Crippen LogP contribution in [0.15, 0.2) is 11.6 Å². The molecule has 0 aromatic carbocycles. The second-order valence-corrected chi connectivity index (χ2v) is 5.71. The summed E-state index contributed by atoms with van der Waals surface area (Å²) in [5.41, 5.74) is 0. The van der Waals surface area contributed by atoms with E-state index < -0.39 is 0 Å². The Morgan fingerprint density at radius 3 is 3.12 bits per heavy atom. The summed E-state index contributed by atoms with van der Waals surface area (Å²) in [5.74, 6) is 0. The van der Waals surface area contributed by atoms with Crippen LogP contribution in [0.5, 0.6) is 0 Å². The molecule has 1 saturated heterocycles. The van der Waals surface area contributed by atoms with Gasteiger partial charge in [0.1, 0.15) is 5.01 Å². The molecule has 96 valence electrons. The van der Waals surface area contributed by atoms with Gasteiger partial charge < -0.3 is 5.32 Å². The average Bonchev–Trinajstić information content (AvgIpc) is 2.90. The fourth-order valence-corrected chi connectivity index (χ4v) is 3.36. The Hall–Kier alpha value is -0.450. The van der Waals surface area contributed by atoms with Crippen LogP contribution in [-0.4, -0.2) is 35.6 Å². The maximum Gasteiger partial charge on any atom is 0.109 e. The number of thiazole rings is 1. The lowest BCUT2D eigenvalue weighted by Gasteiger charge is -2.37. The van der Waals surface area contributed by atoms with Gasteiger partial charge in [-0.15, -0.1) is 11.3 Å². The smallest absolute Gasteiger partial charge is 0.109 e. The molecule has 1 aliphatic rings. The van der Waals surface area contributed by atoms with Crippen LogP contribution in [0.4, 0.5) is 0 Å². The van der Waals surface area contributed by atoms with Crippen molar-refractivity contribution in [1.82, 2.24) is 15.2 Å². The van der Waals surface area contributed by atoms with Crippen molar-refractivity contribution in [2.24, 2.45) is 0 Å². The highest BCUT2D eigenvalue weighted by molar-refractivity contribution is 7.09. The second-order valence-electron chi connectivity index (χ2n) is 4.78. The number of rotatable bonds is 5. The molecule has 1 fully saturated rings. The molecule has 1 N–H and O–H groups in total. The maximum atomic E-state index is 4.47. The normalized spacial score (nSPS) is 22.9. The van der Waals surface area contributed by atoms with Gasteiger partial charge in [0.25, 0.3) is 0 Å². The van der Waals surface area contributed by atoms with Gasteiger partial charge in [0.05, 0.1) is 6.04 Å². The molecule has 0 saturated carbocycles. The van der Waals surface area contributed by atoms with Crippen LogP contribution in [0.1, 0.15) is 44.2 Å². The summed E-state index contributed by atoms with van der Waals surface area (Å²) >= 11 is 1.78. The van der Waals surface area contributed by atoms with Crippen LogP contribution >= 0.6 is 11.3 Å². The van der Waals surface area contributed by atoms with Crippen LogP contribution in [-0.2, 0) is 0 Å². The van der Waals surface area contributed by atoms with Crippen LogP contribution < -0.4 is 5.32 Å². The van der Waals surface area contributed by atoms with E-state index in [1.54, 1.807) is 11.3 Å². The van der Waals surface area contributed by atoms with Crippen molar-refractivity contribution in [3.63, 3.8) is 0 Å². The molecule has 0 bridgehead atoms. The summed E-state index contributed by atoms with van der Waals surface area (Å²) < 4.78 is 0. The molecule has 1 aromatic heterocycles. The van der Waals surface area contributed by atoms with Crippen molar-refractivity contribution in [3.8, 4) is 0 Å². The van der Waals surface area contributed by atoms with E-state index in [4.69, 9.17) is 0 Å². The largest absolute Gasteiger partial charge is 0.315 e. The van der Waals surface area contributed by atoms with Gasteiger partial charge in [0, 0.05) is 24.2 Å². The summed E-state index contributed by atoms with van der Waals surface area (Å²) in [5, 5.41) is 6.85. The molecule has 2 atom stereocenters. The highest BCUT2D eigenvalue weighted by Crippen LogP contribution is 2.26. The molecular weight excluding hydrogens is 230 g/mol. The summed E-state index contributed by atoms with van der Waals surface area (Å²) in [4.78, 5) is 7.10. The van der Waals surface area contributed by atoms with Crippen LogP contribution in [0.25, 0.3) is 0 Å². The van der Waals surface area contributed by atoms with Gasteiger partial charge in [0.15, 0.2) is 0 Å². The lowest BCUT2D eigenvalue weighted by molar-refractivity contribution is 0.120. The zero-order valence-corrected chi connectivity index (χ0v) is 11.7. The van der Waals surface area contributed by atoms with Crippen LogP contribution in [0.3, 0.4) is 0 Å². The summed E-state index contributed by atoms with van der Waals surface area (Å²) in [6, 6.07) is 1.14. The van der Waals surface area contributed by atoms with Gasteiger partial charge in [-0.05, 0) is 39.3 Å². The average molecular weight is 253 g/mol. The first kappa shape index (κ1) is 13.0. The number of aromatic nitrogens is 1. The number of hydrogen-bond donors (Lipinski definition) is 1. The number of nitrogens with zero attached hydrogens (tertiary/aromatic N) is 2. The third-order valence-electron chi connectivity index (χ3n) is 3.53. The highest BCUT2D eigenvalue weighted by atomic mass is 32.1. The van der Waals surface area contributed by atoms with Crippen LogP contribution in [0.2, 0.25) is 0 Å². The Morgan fingerprint density at radius 1 is 1.65 bits per heavy atom. The molecular formula is C13H23N3S. The minimum atomic E-state index is 0.458. The molecule has 2 rings (SSSR count). The van der Waals surface area contributed by atoms with E-state index in [0.717, 1.165) is 6.54 Å². The van der Waals surface area contributed by atoms with Crippen molar-refractivity contribution in [3.05, 3.63) is 16.6 Å². The van der Waals surface area contributed by atoms with Crippen molar-refractivity contribution < 1.29 is 0 Å². The predicted octanol–water partition coefficient (Wildman–Crippen LogP) is 2.67. The Kier molecular flexibility index (Phi) is 4.95. The third kappa shape index (κ3) is 3.27. The Balaban J connectivity index is 2.04. The monoisotopic (exact) mass is 253 g/mol. The molecule has 2 heterocycles. The van der Waals surface area contributed by atoms with E-state index in [0.29, 0.717) is 12.1 Å². The number of piperidine rings is 1. The quantitative estimate of drug-likeness (QED) is 0.874. The fourth-order valence-electron chi connectivity index (χ4n) is 2.65. The zero-order chi connectivity index (χ0) is 12.1. The first-order valence-corrected chi connectivity index (χ1v) is 7.56. The molecule has 0 radical (unpaired) electrons. The lowest BCUT2D eigenvalue weighted by atomic mass is 10.0. The summed E-state index contributed by atoms with van der Waals surface area (Å²) in [6.07, 6.45) is 5.75. The van der Waals surface area contributed by atoms with E-state index in [2.05, 4.69) is 34.4 Å². The van der Waals surface area contributed by atoms with Crippen LogP contribution in [0, 0.1) is 0 Å². The molecule has 0 spiro atoms. The lowest BCUT2D eigenvalue weighted by Crippen LogP contribution is -2.47. The molecule has 1 aromatic rings. The molecule has 0 amide bonds. The first-order valence-electron chi connectivity index (χ1n) is 6.68. The van der Waals surface area contributed by atoms with E-state index >= 15 is 0 Å². The SMILES string of the molecule is CCCN(C1CCCNC1)C(C)c1nccs1. The predicted molar refractivity (Wildman–Crippen MR) is 73.4 cm³/mol. The molecule has 17 heavy (non-hydrogen) atoms. The van der Waals surface area contributed by atoms with E-state index in [1.165, 1.54) is 37.4 Å². The molecule has 2 unspecified atom stereocenters. The van der Waals surface area contributed by atoms with Gasteiger partial charge >= 0.3 is 0 Å². The van der Waals surface area contributed by atoms with E-state index in [-0.39, 0.29) is 0 Å². The number of hydrogen-bond acceptors (Lipinski definition) is 4. The molecule has 0 aliphatic carbocycles. The van der Waals surface area contributed by atoms with E-state index in [9.17, 15) is 0 Å². The number of nitrogens with one attached hydrogen (secondary N) is 1. The van der Waals surface area contributed by atoms with Gasteiger partial charge in [-0.1, -0.05) is 6.92 Å². The molecule has 3 nitrogen and oxygen atoms in total. The maximum absolute atomic E-state index is 4.47. The van der Waals surface area contributed by atoms with Crippen molar-refractivity contribution in [2.45, 2.75) is 45.2 Å². The highest BCUT2D eigenvalue weighted by Gasteiger charge is 2.26. The Morgan fingerprint density at radius 2 is 2.53 bits per heavy atom. The fraction of sp³-hybridized carbons (Fsp3) is 0.769. The third-order valence-corrected chi connectivity index (χ3v) is 4.47. The van der Waals surface area contributed by atoms with Crippen molar-refractivity contribution >= 4 is 11.3 Å². The van der Waals surface area contributed by atoms with Gasteiger partial charge in [0.2, 0.25) is 0 Å². The van der Waals surface area contributed by atoms with Crippen molar-refractivity contribution in [1.29, 1.82) is 0 Å². The first-order chi connectivity index (χ1) is 8.33. The topological polar surface area (TPSA) is 28.2 Å². The van der Waals surface area contributed by atoms with Gasteiger partial charge in [-0.3, -0.25) is 4.90 Å². The Labute approximate surface area is 108 Å². The molecule has 1 aliphatic heterocycles. The standard InChI is InChI=1S/C13H23N3S/c1-3-8-16(12-5-4-6-14-10-12)11(2)13-15-7-9-17-13/h7,9,11-12,14H,3-6,8,10H2,1-2H3. The van der Waals surface area contributed by atoms with Crippen molar-refractivity contribution in [2.75, 3.05) is 19.6 Å². The zero-order valence-electron chi connectivity index (χ0n) is 10.9. The minimum absolute atomic E-state index is 0.458. The minimum Gasteiger partial charge on any atom is -0.315 e. The van der Waals surface area contributed by atoms with Gasteiger partial charge in [-0.2, -0.15) is 0 Å². The van der Waals surface area contributed by atoms with Gasteiger partial charge in [-0.25, -0.2) is 4.98 Å². The van der Waals surface area contributed by atoms with E-state index in [1.807, 2.05) is 6.20 Å². The second kappa shape index (κ2) is 6.47. The summed E-state index contributed by atoms with van der Waals surface area (Å²) in [6.45, 7) is 8.05.